The van der Waals surface area contributed by atoms with Crippen LogP contribution in [0.3, 0.4) is 0 Å². The van der Waals surface area contributed by atoms with Gasteiger partial charge in [0.05, 0.1) is 18.6 Å². The Hall–Kier alpha value is -5.07. The molecule has 3 heterocycles. The van der Waals surface area contributed by atoms with Crippen LogP contribution in [-0.4, -0.2) is 89.5 Å². The summed E-state index contributed by atoms with van der Waals surface area (Å²) in [6.07, 6.45) is 3.32. The third-order valence-corrected chi connectivity index (χ3v) is 9.75. The number of benzene rings is 3. The van der Waals surface area contributed by atoms with Crippen LogP contribution in [0.25, 0.3) is 10.9 Å². The highest BCUT2D eigenvalue weighted by Gasteiger charge is 2.51. The number of hydrazine groups is 1. The Kier molecular flexibility index (Phi) is 10.3. The number of carbonyl (C=O) groups is 4. The van der Waals surface area contributed by atoms with E-state index in [1.54, 1.807) is 39.3 Å². The van der Waals surface area contributed by atoms with Gasteiger partial charge in [0.1, 0.15) is 18.0 Å². The number of amides is 3. The summed E-state index contributed by atoms with van der Waals surface area (Å²) in [6, 6.07) is 20.2. The smallest absolute Gasteiger partial charge is 0.404 e. The second-order valence-corrected chi connectivity index (χ2v) is 14.0. The summed E-state index contributed by atoms with van der Waals surface area (Å²) in [5, 5.41) is 4.05. The largest absolute Gasteiger partial charge is 0.524 e. The minimum Gasteiger partial charge on any atom is -0.404 e. The summed E-state index contributed by atoms with van der Waals surface area (Å²) in [6.45, 7) is 5.67. The number of nitrogens with zero attached hydrogens (tertiary/aromatic N) is 5. The second-order valence-electron chi connectivity index (χ2n) is 12.8. The van der Waals surface area contributed by atoms with Crippen LogP contribution in [0.15, 0.2) is 91.6 Å². The van der Waals surface area contributed by atoms with Crippen LogP contribution in [0, 0.1) is 0 Å². The Morgan fingerprint density at radius 3 is 2.39 bits per heavy atom. The number of carbonyl (C=O) groups excluding carboxylic acids is 4. The van der Waals surface area contributed by atoms with Gasteiger partial charge in [0.25, 0.3) is 0 Å². The fourth-order valence-electron chi connectivity index (χ4n) is 7.13. The number of para-hydroxylation sites is 1. The first-order valence-electron chi connectivity index (χ1n) is 16.6. The van der Waals surface area contributed by atoms with E-state index in [-0.39, 0.29) is 68.3 Å². The van der Waals surface area contributed by atoms with Crippen molar-refractivity contribution in [3.63, 3.8) is 0 Å². The number of Topliss-reactive ketones (excluding diaryl/α,β-unsaturated/α-hetero) is 1. The van der Waals surface area contributed by atoms with Crippen molar-refractivity contribution in [2.45, 2.75) is 44.9 Å². The molecule has 2 N–H and O–H groups in total. The van der Waals surface area contributed by atoms with Gasteiger partial charge in [0.15, 0.2) is 5.78 Å². The lowest BCUT2D eigenvalue weighted by Crippen LogP contribution is -2.75. The maximum absolute atomic E-state index is 14.5. The zero-order valence-corrected chi connectivity index (χ0v) is 29.3. The number of aromatic nitrogens is 1. The molecule has 4 aromatic rings. The molecule has 3 amide bonds. The van der Waals surface area contributed by atoms with Gasteiger partial charge < -0.3 is 18.9 Å². The predicted octanol–water partition coefficient (Wildman–Crippen LogP) is 3.84. The summed E-state index contributed by atoms with van der Waals surface area (Å²) in [4.78, 5) is 76.7. The van der Waals surface area contributed by atoms with Crippen molar-refractivity contribution in [1.82, 2.24) is 24.4 Å². The molecule has 0 bridgehead atoms. The lowest BCUT2D eigenvalue weighted by atomic mass is 9.97. The number of piperazine rings is 1. The molecular weight excluding hydrogens is 673 g/mol. The average molecular weight is 714 g/mol. The van der Waals surface area contributed by atoms with Gasteiger partial charge in [-0.15, -0.1) is 6.58 Å². The highest BCUT2D eigenvalue weighted by atomic mass is 31.2. The van der Waals surface area contributed by atoms with Crippen molar-refractivity contribution >= 4 is 42.2 Å². The van der Waals surface area contributed by atoms with Crippen molar-refractivity contribution in [1.29, 1.82) is 0 Å². The SMILES string of the molecule is C=CCN1CC(=O)N2C(Cc3ccc(OP(=O)(O)O)cc3)C(=O)N(Cc3cccc4c(C(C)=O)cn(C)c34)CC2N1C(=O)CCc1ccccc1. The van der Waals surface area contributed by atoms with E-state index >= 15 is 0 Å². The zero-order chi connectivity index (χ0) is 36.4. The van der Waals surface area contributed by atoms with E-state index in [1.807, 2.05) is 60.1 Å². The van der Waals surface area contributed by atoms with Crippen LogP contribution < -0.4 is 4.52 Å². The van der Waals surface area contributed by atoms with Crippen LogP contribution >= 0.6 is 7.82 Å². The van der Waals surface area contributed by atoms with E-state index in [0.29, 0.717) is 17.5 Å². The Balaban J connectivity index is 1.38. The molecule has 266 valence electrons. The fourth-order valence-corrected chi connectivity index (χ4v) is 7.52. The number of rotatable bonds is 12. The first-order valence-corrected chi connectivity index (χ1v) is 18.1. The van der Waals surface area contributed by atoms with E-state index < -0.39 is 20.0 Å². The fraction of sp³-hybridized carbons (Fsp3) is 0.297. The monoisotopic (exact) mass is 713 g/mol. The van der Waals surface area contributed by atoms with E-state index in [2.05, 4.69) is 6.58 Å². The van der Waals surface area contributed by atoms with E-state index in [9.17, 15) is 33.5 Å². The van der Waals surface area contributed by atoms with Crippen LogP contribution in [0.5, 0.6) is 5.75 Å². The van der Waals surface area contributed by atoms with Crippen molar-refractivity contribution in [3.8, 4) is 5.75 Å². The van der Waals surface area contributed by atoms with Gasteiger partial charge in [0.2, 0.25) is 17.7 Å². The van der Waals surface area contributed by atoms with E-state index in [1.165, 1.54) is 24.0 Å². The Morgan fingerprint density at radius 1 is 1.00 bits per heavy atom. The summed E-state index contributed by atoms with van der Waals surface area (Å²) < 4.78 is 17.9. The third kappa shape index (κ3) is 7.67. The number of aryl methyl sites for hydroxylation is 2. The number of hydrogen-bond donors (Lipinski definition) is 2. The molecule has 0 saturated carbocycles. The van der Waals surface area contributed by atoms with Crippen LogP contribution in [0.4, 0.5) is 0 Å². The summed E-state index contributed by atoms with van der Waals surface area (Å²) in [5.74, 6) is -0.962. The molecule has 14 heteroatoms. The van der Waals surface area contributed by atoms with Gasteiger partial charge in [-0.2, -0.15) is 0 Å². The molecule has 1 aromatic heterocycles. The van der Waals surface area contributed by atoms with Gasteiger partial charge >= 0.3 is 7.82 Å². The molecule has 2 atom stereocenters. The Bertz CT molecular complexity index is 2030. The lowest BCUT2D eigenvalue weighted by molar-refractivity contribution is -0.205. The van der Waals surface area contributed by atoms with Crippen molar-refractivity contribution in [2.75, 3.05) is 19.6 Å². The second kappa shape index (κ2) is 14.7. The highest BCUT2D eigenvalue weighted by Crippen LogP contribution is 2.38. The van der Waals surface area contributed by atoms with Gasteiger partial charge in [0, 0.05) is 50.1 Å². The Morgan fingerprint density at radius 2 is 1.73 bits per heavy atom. The maximum Gasteiger partial charge on any atom is 0.524 e. The Labute approximate surface area is 295 Å². The molecule has 6 rings (SSSR count). The number of hydrogen-bond acceptors (Lipinski definition) is 7. The van der Waals surface area contributed by atoms with E-state index in [4.69, 9.17) is 4.52 Å². The normalized spacial score (nSPS) is 18.2. The molecule has 13 nitrogen and oxygen atoms in total. The summed E-state index contributed by atoms with van der Waals surface area (Å²) >= 11 is 0. The van der Waals surface area contributed by atoms with Crippen LogP contribution in [0.1, 0.15) is 40.4 Å². The minimum atomic E-state index is -4.78. The number of phosphoric ester groups is 1. The predicted molar refractivity (Wildman–Crippen MR) is 189 cm³/mol. The minimum absolute atomic E-state index is 0.0429. The average Bonchev–Trinajstić information content (AvgIpc) is 3.43. The number of fused-ring (bicyclic) bond motifs is 2. The molecule has 0 spiro atoms. The molecule has 2 fully saturated rings. The van der Waals surface area contributed by atoms with Gasteiger partial charge in [-0.3, -0.25) is 29.0 Å². The zero-order valence-electron chi connectivity index (χ0n) is 28.4. The van der Waals surface area contributed by atoms with Crippen molar-refractivity contribution in [3.05, 3.63) is 114 Å². The maximum atomic E-state index is 14.5. The first kappa shape index (κ1) is 35.7. The van der Waals surface area contributed by atoms with Gasteiger partial charge in [-0.25, -0.2) is 14.6 Å². The van der Waals surface area contributed by atoms with Crippen LogP contribution in [-0.2, 0) is 45.4 Å². The first-order chi connectivity index (χ1) is 24.3. The molecule has 3 aromatic carbocycles. The highest BCUT2D eigenvalue weighted by molar-refractivity contribution is 7.46. The lowest BCUT2D eigenvalue weighted by Gasteiger charge is -2.55. The van der Waals surface area contributed by atoms with Crippen molar-refractivity contribution in [2.24, 2.45) is 7.05 Å². The third-order valence-electron chi connectivity index (χ3n) is 9.30. The molecule has 2 saturated heterocycles. The van der Waals surface area contributed by atoms with Gasteiger partial charge in [-0.05, 0) is 42.2 Å². The molecule has 51 heavy (non-hydrogen) atoms. The quantitative estimate of drug-likeness (QED) is 0.127. The van der Waals surface area contributed by atoms with Crippen molar-refractivity contribution < 1.29 is 38.1 Å². The summed E-state index contributed by atoms with van der Waals surface area (Å²) in [7, 11) is -2.93. The topological polar surface area (TPSA) is 153 Å². The van der Waals surface area contributed by atoms with Gasteiger partial charge in [-0.1, -0.05) is 66.7 Å². The molecular formula is C37H40N5O8P. The van der Waals surface area contributed by atoms with E-state index in [0.717, 1.165) is 22.0 Å². The molecule has 2 unspecified atom stereocenters. The standard InChI is InChI=1S/C37H40N5O8P/c1-4-19-40-24-35(45)41-32(20-27-13-16-29(17-14-27)50-51(47,48)49)37(46)39(21-28-11-8-12-30-31(25(2)43)22-38(3)36(28)30)23-33(41)42(40)34(44)18-15-26-9-6-5-7-10-26/h4-14,16-17,22,32-33H,1,15,18-21,23-24H2,2-3H3,(H2,47,48,49). The number of ketones is 1. The summed E-state index contributed by atoms with van der Waals surface area (Å²) in [5.41, 5.74) is 3.79. The molecule has 0 aliphatic carbocycles. The molecule has 2 aliphatic rings. The molecule has 2 aliphatic heterocycles. The van der Waals surface area contributed by atoms with Crippen LogP contribution in [0.2, 0.25) is 0 Å². The number of phosphoric acid groups is 1. The molecule has 0 radical (unpaired) electrons.